The van der Waals surface area contributed by atoms with Crippen molar-refractivity contribution < 1.29 is 4.79 Å². The Hall–Kier alpha value is -0.730. The van der Waals surface area contributed by atoms with Crippen molar-refractivity contribution in [1.82, 2.24) is 10.2 Å². The van der Waals surface area contributed by atoms with Gasteiger partial charge in [-0.25, -0.2) is 4.79 Å². The van der Waals surface area contributed by atoms with Crippen LogP contribution >= 0.6 is 0 Å². The molecule has 0 aromatic rings. The van der Waals surface area contributed by atoms with Crippen molar-refractivity contribution in [3.63, 3.8) is 0 Å². The van der Waals surface area contributed by atoms with Gasteiger partial charge in [0.1, 0.15) is 0 Å². The van der Waals surface area contributed by atoms with Crippen LogP contribution in [0.1, 0.15) is 26.2 Å². The van der Waals surface area contributed by atoms with Crippen molar-refractivity contribution in [2.45, 2.75) is 32.2 Å². The second-order valence-corrected chi connectivity index (χ2v) is 3.86. The second kappa shape index (κ2) is 3.78. The topological polar surface area (TPSA) is 32.3 Å². The van der Waals surface area contributed by atoms with Crippen molar-refractivity contribution in [1.29, 1.82) is 0 Å². The Labute approximate surface area is 74.1 Å². The van der Waals surface area contributed by atoms with Gasteiger partial charge in [0.15, 0.2) is 0 Å². The molecule has 0 heterocycles. The van der Waals surface area contributed by atoms with E-state index in [0.717, 1.165) is 6.42 Å². The lowest BCUT2D eigenvalue weighted by Gasteiger charge is -2.20. The summed E-state index contributed by atoms with van der Waals surface area (Å²) in [6, 6.07) is 0.439. The Balaban J connectivity index is 2.35. The number of carbonyl (C=O) groups excluding carboxylic acids is 1. The Bertz CT molecular complexity index is 168. The summed E-state index contributed by atoms with van der Waals surface area (Å²) in [5.41, 5.74) is 0. The zero-order chi connectivity index (χ0) is 9.14. The van der Waals surface area contributed by atoms with Crippen molar-refractivity contribution >= 4 is 6.03 Å². The summed E-state index contributed by atoms with van der Waals surface area (Å²) in [4.78, 5) is 12.8. The fourth-order valence-electron chi connectivity index (χ4n) is 1.65. The summed E-state index contributed by atoms with van der Waals surface area (Å²) in [6.45, 7) is 2.20. The van der Waals surface area contributed by atoms with Crippen LogP contribution in [0.5, 0.6) is 0 Å². The maximum absolute atomic E-state index is 11.3. The highest BCUT2D eigenvalue weighted by Gasteiger charge is 2.24. The van der Waals surface area contributed by atoms with Crippen LogP contribution in [-0.2, 0) is 0 Å². The third kappa shape index (κ3) is 2.13. The molecule has 1 fully saturated rings. The summed E-state index contributed by atoms with van der Waals surface area (Å²) in [6.07, 6.45) is 3.64. The summed E-state index contributed by atoms with van der Waals surface area (Å²) in [5.74, 6) is 0.647. The zero-order valence-electron chi connectivity index (χ0n) is 8.13. The second-order valence-electron chi connectivity index (χ2n) is 3.86. The number of amides is 2. The number of rotatable bonds is 1. The van der Waals surface area contributed by atoms with Gasteiger partial charge in [-0.05, 0) is 18.8 Å². The summed E-state index contributed by atoms with van der Waals surface area (Å²) in [7, 11) is 3.55. The third-order valence-corrected chi connectivity index (χ3v) is 2.58. The molecule has 1 aliphatic carbocycles. The molecule has 1 aliphatic rings. The molecule has 0 aliphatic heterocycles. The van der Waals surface area contributed by atoms with E-state index in [-0.39, 0.29) is 6.03 Å². The van der Waals surface area contributed by atoms with Crippen LogP contribution in [0.2, 0.25) is 0 Å². The van der Waals surface area contributed by atoms with E-state index >= 15 is 0 Å². The molecule has 3 heteroatoms. The van der Waals surface area contributed by atoms with E-state index in [1.54, 1.807) is 19.0 Å². The molecule has 2 amide bonds. The lowest BCUT2D eigenvalue weighted by Crippen LogP contribution is -2.42. The number of nitrogens with zero attached hydrogens (tertiary/aromatic N) is 1. The number of hydrogen-bond donors (Lipinski definition) is 1. The lowest BCUT2D eigenvalue weighted by atomic mass is 10.1. The van der Waals surface area contributed by atoms with Gasteiger partial charge in [-0.3, -0.25) is 0 Å². The van der Waals surface area contributed by atoms with Crippen molar-refractivity contribution in [2.75, 3.05) is 14.1 Å². The molecule has 1 N–H and O–H groups in total. The molecular formula is C9H18N2O. The molecular weight excluding hydrogens is 152 g/mol. The molecule has 1 saturated carbocycles. The van der Waals surface area contributed by atoms with Gasteiger partial charge in [0.05, 0.1) is 0 Å². The minimum Gasteiger partial charge on any atom is -0.335 e. The van der Waals surface area contributed by atoms with Crippen LogP contribution in [-0.4, -0.2) is 31.1 Å². The number of hydrogen-bond acceptors (Lipinski definition) is 1. The minimum absolute atomic E-state index is 0.0359. The number of nitrogens with one attached hydrogen (secondary N) is 1. The van der Waals surface area contributed by atoms with Gasteiger partial charge in [-0.1, -0.05) is 13.3 Å². The fourth-order valence-corrected chi connectivity index (χ4v) is 1.65. The fraction of sp³-hybridized carbons (Fsp3) is 0.889. The van der Waals surface area contributed by atoms with E-state index < -0.39 is 0 Å². The van der Waals surface area contributed by atoms with Crippen LogP contribution < -0.4 is 5.32 Å². The molecule has 0 saturated heterocycles. The van der Waals surface area contributed by atoms with Gasteiger partial charge >= 0.3 is 6.03 Å². The third-order valence-electron chi connectivity index (χ3n) is 2.58. The van der Waals surface area contributed by atoms with Crippen molar-refractivity contribution in [2.24, 2.45) is 5.92 Å². The van der Waals surface area contributed by atoms with Crippen LogP contribution in [0.4, 0.5) is 4.79 Å². The summed E-state index contributed by atoms with van der Waals surface area (Å²) in [5, 5.41) is 3.02. The van der Waals surface area contributed by atoms with Crippen molar-refractivity contribution in [3.05, 3.63) is 0 Å². The highest BCUT2D eigenvalue weighted by atomic mass is 16.2. The monoisotopic (exact) mass is 170 g/mol. The van der Waals surface area contributed by atoms with Gasteiger partial charge in [0.25, 0.3) is 0 Å². The molecule has 2 atom stereocenters. The average molecular weight is 170 g/mol. The van der Waals surface area contributed by atoms with E-state index in [1.165, 1.54) is 12.8 Å². The average Bonchev–Trinajstić information content (AvgIpc) is 2.36. The maximum Gasteiger partial charge on any atom is 0.317 e. The Morgan fingerprint density at radius 2 is 2.08 bits per heavy atom. The molecule has 1 rings (SSSR count). The molecule has 0 aromatic heterocycles. The summed E-state index contributed by atoms with van der Waals surface area (Å²) >= 11 is 0. The standard InChI is InChI=1S/C9H18N2O/c1-7-5-4-6-8(7)10-9(12)11(2)3/h7-8H,4-6H2,1-3H3,(H,10,12). The zero-order valence-corrected chi connectivity index (χ0v) is 8.13. The van der Waals surface area contributed by atoms with Crippen LogP contribution in [0.25, 0.3) is 0 Å². The molecule has 0 aromatic carbocycles. The van der Waals surface area contributed by atoms with Gasteiger partial charge in [0.2, 0.25) is 0 Å². The Morgan fingerprint density at radius 3 is 2.50 bits per heavy atom. The number of carbonyl (C=O) groups is 1. The predicted molar refractivity (Wildman–Crippen MR) is 49.0 cm³/mol. The van der Waals surface area contributed by atoms with Gasteiger partial charge in [-0.15, -0.1) is 0 Å². The Morgan fingerprint density at radius 1 is 1.42 bits per heavy atom. The van der Waals surface area contributed by atoms with Crippen LogP contribution in [0.15, 0.2) is 0 Å². The van der Waals surface area contributed by atoms with Gasteiger partial charge < -0.3 is 10.2 Å². The number of urea groups is 1. The minimum atomic E-state index is 0.0359. The first kappa shape index (κ1) is 9.36. The highest BCUT2D eigenvalue weighted by molar-refractivity contribution is 5.73. The molecule has 0 radical (unpaired) electrons. The first-order chi connectivity index (χ1) is 5.61. The molecule has 0 spiro atoms. The van der Waals surface area contributed by atoms with Crippen LogP contribution in [0, 0.1) is 5.92 Å². The van der Waals surface area contributed by atoms with Crippen LogP contribution in [0.3, 0.4) is 0 Å². The normalized spacial score (nSPS) is 28.6. The van der Waals surface area contributed by atoms with E-state index in [2.05, 4.69) is 12.2 Å². The molecule has 2 unspecified atom stereocenters. The quantitative estimate of drug-likeness (QED) is 0.634. The predicted octanol–water partition coefficient (Wildman–Crippen LogP) is 1.45. The largest absolute Gasteiger partial charge is 0.335 e. The van der Waals surface area contributed by atoms with E-state index in [4.69, 9.17) is 0 Å². The SMILES string of the molecule is CC1CCCC1NC(=O)N(C)C. The summed E-state index contributed by atoms with van der Waals surface area (Å²) < 4.78 is 0. The highest BCUT2D eigenvalue weighted by Crippen LogP contribution is 2.24. The molecule has 70 valence electrons. The smallest absolute Gasteiger partial charge is 0.317 e. The van der Waals surface area contributed by atoms with Crippen molar-refractivity contribution in [3.8, 4) is 0 Å². The lowest BCUT2D eigenvalue weighted by molar-refractivity contribution is 0.210. The van der Waals surface area contributed by atoms with E-state index in [0.29, 0.717) is 12.0 Å². The first-order valence-corrected chi connectivity index (χ1v) is 4.59. The van der Waals surface area contributed by atoms with Gasteiger partial charge in [0, 0.05) is 20.1 Å². The van der Waals surface area contributed by atoms with E-state index in [1.807, 2.05) is 0 Å². The molecule has 0 bridgehead atoms. The van der Waals surface area contributed by atoms with Gasteiger partial charge in [-0.2, -0.15) is 0 Å². The Kier molecular flexibility index (Phi) is 2.95. The first-order valence-electron chi connectivity index (χ1n) is 4.59. The maximum atomic E-state index is 11.3. The molecule has 3 nitrogen and oxygen atoms in total. The van der Waals surface area contributed by atoms with E-state index in [9.17, 15) is 4.79 Å². The molecule has 12 heavy (non-hydrogen) atoms.